The zero-order valence-electron chi connectivity index (χ0n) is 10.3. The number of benzene rings is 1. The van der Waals surface area contributed by atoms with Gasteiger partial charge in [-0.05, 0) is 31.9 Å². The van der Waals surface area contributed by atoms with Crippen molar-refractivity contribution < 1.29 is 9.53 Å². The van der Waals surface area contributed by atoms with Gasteiger partial charge < -0.3 is 15.8 Å². The van der Waals surface area contributed by atoms with Crippen LogP contribution in [-0.4, -0.2) is 18.1 Å². The molecule has 1 aromatic carbocycles. The molecular formula is C13H17ClN2O2. The SMILES string of the molecule is CC(Oc1cccc(Cl)c1CNC1CC1)C(N)=O. The van der Waals surface area contributed by atoms with Gasteiger partial charge in [0.05, 0.1) is 0 Å². The van der Waals surface area contributed by atoms with E-state index in [1.807, 2.05) is 6.07 Å². The van der Waals surface area contributed by atoms with Crippen LogP contribution in [-0.2, 0) is 11.3 Å². The standard InChI is InChI=1S/C13H17ClN2O2/c1-8(13(15)17)18-12-4-2-3-11(14)10(12)7-16-9-5-6-9/h2-4,8-9,16H,5-7H2,1H3,(H2,15,17). The van der Waals surface area contributed by atoms with E-state index in [9.17, 15) is 4.79 Å². The Hall–Kier alpha value is -1.26. The normalized spacial score (nSPS) is 16.3. The van der Waals surface area contributed by atoms with Crippen LogP contribution in [0.4, 0.5) is 0 Å². The Balaban J connectivity index is 2.11. The fourth-order valence-corrected chi connectivity index (χ4v) is 1.84. The molecule has 0 saturated heterocycles. The molecule has 5 heteroatoms. The lowest BCUT2D eigenvalue weighted by Gasteiger charge is -2.16. The highest BCUT2D eigenvalue weighted by molar-refractivity contribution is 6.31. The zero-order valence-corrected chi connectivity index (χ0v) is 11.0. The van der Waals surface area contributed by atoms with Crippen LogP contribution < -0.4 is 15.8 Å². The molecule has 1 fully saturated rings. The fourth-order valence-electron chi connectivity index (χ4n) is 1.60. The maximum absolute atomic E-state index is 11.0. The summed E-state index contributed by atoms with van der Waals surface area (Å²) in [6.45, 7) is 2.27. The number of hydrogen-bond donors (Lipinski definition) is 2. The van der Waals surface area contributed by atoms with Gasteiger partial charge in [0.2, 0.25) is 0 Å². The Labute approximate surface area is 111 Å². The van der Waals surface area contributed by atoms with E-state index in [0.717, 1.165) is 5.56 Å². The molecule has 2 rings (SSSR count). The van der Waals surface area contributed by atoms with Crippen molar-refractivity contribution in [2.45, 2.75) is 38.5 Å². The number of nitrogens with two attached hydrogens (primary N) is 1. The van der Waals surface area contributed by atoms with E-state index >= 15 is 0 Å². The van der Waals surface area contributed by atoms with Crippen molar-refractivity contribution in [3.05, 3.63) is 28.8 Å². The van der Waals surface area contributed by atoms with Crippen molar-refractivity contribution in [3.63, 3.8) is 0 Å². The van der Waals surface area contributed by atoms with Crippen LogP contribution in [0.15, 0.2) is 18.2 Å². The first-order chi connectivity index (χ1) is 8.58. The first-order valence-electron chi connectivity index (χ1n) is 6.04. The smallest absolute Gasteiger partial charge is 0.258 e. The molecule has 1 saturated carbocycles. The second-order valence-corrected chi connectivity index (χ2v) is 4.94. The number of halogens is 1. The van der Waals surface area contributed by atoms with Crippen molar-refractivity contribution >= 4 is 17.5 Å². The Bertz CT molecular complexity index is 447. The summed E-state index contributed by atoms with van der Waals surface area (Å²) < 4.78 is 5.54. The molecule has 1 amide bonds. The summed E-state index contributed by atoms with van der Waals surface area (Å²) in [7, 11) is 0. The van der Waals surface area contributed by atoms with Gasteiger partial charge in [0.15, 0.2) is 6.10 Å². The monoisotopic (exact) mass is 268 g/mol. The third-order valence-electron chi connectivity index (χ3n) is 2.93. The second kappa shape index (κ2) is 5.59. The van der Waals surface area contributed by atoms with Gasteiger partial charge in [-0.1, -0.05) is 17.7 Å². The molecule has 0 aromatic heterocycles. The van der Waals surface area contributed by atoms with Crippen molar-refractivity contribution in [3.8, 4) is 5.75 Å². The molecule has 0 radical (unpaired) electrons. The van der Waals surface area contributed by atoms with E-state index < -0.39 is 12.0 Å². The van der Waals surface area contributed by atoms with Gasteiger partial charge in [0.1, 0.15) is 5.75 Å². The average molecular weight is 269 g/mol. The molecule has 1 unspecified atom stereocenters. The van der Waals surface area contributed by atoms with Crippen LogP contribution in [0, 0.1) is 0 Å². The molecule has 3 N–H and O–H groups in total. The Morgan fingerprint density at radius 1 is 1.61 bits per heavy atom. The van der Waals surface area contributed by atoms with E-state index in [0.29, 0.717) is 23.4 Å². The van der Waals surface area contributed by atoms with Crippen LogP contribution in [0.2, 0.25) is 5.02 Å². The molecular weight excluding hydrogens is 252 g/mol. The molecule has 1 aliphatic rings. The minimum atomic E-state index is -0.664. The molecule has 18 heavy (non-hydrogen) atoms. The highest BCUT2D eigenvalue weighted by Crippen LogP contribution is 2.28. The maximum atomic E-state index is 11.0. The number of amides is 1. The molecule has 0 bridgehead atoms. The highest BCUT2D eigenvalue weighted by atomic mass is 35.5. The molecule has 1 aliphatic carbocycles. The number of carbonyl (C=O) groups is 1. The number of rotatable bonds is 6. The van der Waals surface area contributed by atoms with Crippen LogP contribution >= 0.6 is 11.6 Å². The summed E-state index contributed by atoms with van der Waals surface area (Å²) >= 11 is 6.16. The minimum absolute atomic E-state index is 0.490. The number of nitrogens with one attached hydrogen (secondary N) is 1. The van der Waals surface area contributed by atoms with Gasteiger partial charge in [-0.25, -0.2) is 0 Å². The van der Waals surface area contributed by atoms with Crippen molar-refractivity contribution in [1.82, 2.24) is 5.32 Å². The molecule has 0 spiro atoms. The zero-order chi connectivity index (χ0) is 13.1. The molecule has 1 atom stereocenters. The summed E-state index contributed by atoms with van der Waals surface area (Å²) in [6, 6.07) is 6.00. The number of carbonyl (C=O) groups excluding carboxylic acids is 1. The third kappa shape index (κ3) is 3.37. The molecule has 0 heterocycles. The number of primary amides is 1. The molecule has 0 aliphatic heterocycles. The Morgan fingerprint density at radius 3 is 2.94 bits per heavy atom. The maximum Gasteiger partial charge on any atom is 0.258 e. The van der Waals surface area contributed by atoms with Crippen LogP contribution in [0.1, 0.15) is 25.3 Å². The van der Waals surface area contributed by atoms with Gasteiger partial charge >= 0.3 is 0 Å². The van der Waals surface area contributed by atoms with Crippen molar-refractivity contribution in [1.29, 1.82) is 0 Å². The number of hydrogen-bond acceptors (Lipinski definition) is 3. The van der Waals surface area contributed by atoms with Crippen molar-refractivity contribution in [2.75, 3.05) is 0 Å². The highest BCUT2D eigenvalue weighted by Gasteiger charge is 2.22. The second-order valence-electron chi connectivity index (χ2n) is 4.53. The first-order valence-corrected chi connectivity index (χ1v) is 6.42. The van der Waals surface area contributed by atoms with Gasteiger partial charge in [-0.3, -0.25) is 4.79 Å². The minimum Gasteiger partial charge on any atom is -0.481 e. The lowest BCUT2D eigenvalue weighted by Crippen LogP contribution is -2.31. The van der Waals surface area contributed by atoms with E-state index in [1.165, 1.54) is 12.8 Å². The van der Waals surface area contributed by atoms with Gasteiger partial charge in [-0.15, -0.1) is 0 Å². The van der Waals surface area contributed by atoms with E-state index in [4.69, 9.17) is 22.1 Å². The molecule has 1 aromatic rings. The van der Waals surface area contributed by atoms with Crippen LogP contribution in [0.5, 0.6) is 5.75 Å². The van der Waals surface area contributed by atoms with E-state index in [2.05, 4.69) is 5.32 Å². The molecule has 98 valence electrons. The van der Waals surface area contributed by atoms with Gasteiger partial charge in [-0.2, -0.15) is 0 Å². The topological polar surface area (TPSA) is 64.3 Å². The first kappa shape index (κ1) is 13.2. The van der Waals surface area contributed by atoms with Crippen LogP contribution in [0.25, 0.3) is 0 Å². The summed E-state index contributed by atoms with van der Waals surface area (Å²) in [5.41, 5.74) is 6.07. The Morgan fingerprint density at radius 2 is 2.33 bits per heavy atom. The lowest BCUT2D eigenvalue weighted by molar-refractivity contribution is -0.124. The molecule has 4 nitrogen and oxygen atoms in total. The predicted molar refractivity (Wildman–Crippen MR) is 70.6 cm³/mol. The summed E-state index contributed by atoms with van der Waals surface area (Å²) in [4.78, 5) is 11.0. The summed E-state index contributed by atoms with van der Waals surface area (Å²) in [5.74, 6) is 0.123. The summed E-state index contributed by atoms with van der Waals surface area (Å²) in [5, 5.41) is 4.01. The van der Waals surface area contributed by atoms with E-state index in [1.54, 1.807) is 19.1 Å². The quantitative estimate of drug-likeness (QED) is 0.828. The fraction of sp³-hybridized carbons (Fsp3) is 0.462. The van der Waals surface area contributed by atoms with E-state index in [-0.39, 0.29) is 0 Å². The van der Waals surface area contributed by atoms with Gasteiger partial charge in [0.25, 0.3) is 5.91 Å². The summed E-state index contributed by atoms with van der Waals surface area (Å²) in [6.07, 6.45) is 1.75. The predicted octanol–water partition coefficient (Wildman–Crippen LogP) is 1.84. The van der Waals surface area contributed by atoms with Crippen molar-refractivity contribution in [2.24, 2.45) is 5.73 Å². The van der Waals surface area contributed by atoms with Gasteiger partial charge in [0, 0.05) is 23.2 Å². The lowest BCUT2D eigenvalue weighted by atomic mass is 10.2. The largest absolute Gasteiger partial charge is 0.481 e. The van der Waals surface area contributed by atoms with Crippen LogP contribution in [0.3, 0.4) is 0 Å². The third-order valence-corrected chi connectivity index (χ3v) is 3.28. The Kier molecular flexibility index (Phi) is 4.09. The average Bonchev–Trinajstić information content (AvgIpc) is 3.12. The number of ether oxygens (including phenoxy) is 1.